The minimum atomic E-state index is -1.27. The molecule has 1 heterocycles. The molecule has 0 aliphatic rings. The number of nitrogens with one attached hydrogen (secondary N) is 2. The van der Waals surface area contributed by atoms with Gasteiger partial charge in [0.25, 0.3) is 0 Å². The third kappa shape index (κ3) is 4.68. The SMILES string of the molecule is O=C(NC(Cc1cc2oc(=O)[nH]c2cc1Cl)C(=O)O)OCc1ccccc1. The van der Waals surface area contributed by atoms with Crippen molar-refractivity contribution in [3.05, 3.63) is 69.2 Å². The van der Waals surface area contributed by atoms with Crippen LogP contribution in [0.2, 0.25) is 5.02 Å². The van der Waals surface area contributed by atoms with E-state index < -0.39 is 23.9 Å². The van der Waals surface area contributed by atoms with Crippen molar-refractivity contribution in [1.29, 1.82) is 0 Å². The quantitative estimate of drug-likeness (QED) is 0.595. The predicted octanol–water partition coefficient (Wildman–Crippen LogP) is 2.70. The van der Waals surface area contributed by atoms with Crippen LogP contribution in [0.3, 0.4) is 0 Å². The molecule has 8 nitrogen and oxygen atoms in total. The number of carbonyl (C=O) groups is 2. The molecule has 0 saturated heterocycles. The van der Waals surface area contributed by atoms with Gasteiger partial charge in [-0.15, -0.1) is 0 Å². The molecule has 3 rings (SSSR count). The molecule has 27 heavy (non-hydrogen) atoms. The summed E-state index contributed by atoms with van der Waals surface area (Å²) in [5.74, 6) is -1.89. The lowest BCUT2D eigenvalue weighted by Gasteiger charge is -2.15. The van der Waals surface area contributed by atoms with Crippen LogP contribution in [-0.4, -0.2) is 28.2 Å². The maximum atomic E-state index is 11.9. The number of fused-ring (bicyclic) bond motifs is 1. The molecular formula is C18H15ClN2O6. The number of benzene rings is 2. The minimum Gasteiger partial charge on any atom is -0.480 e. The Morgan fingerprint density at radius 1 is 1.26 bits per heavy atom. The van der Waals surface area contributed by atoms with Crippen molar-refractivity contribution in [3.8, 4) is 0 Å². The number of oxazole rings is 1. The Morgan fingerprint density at radius 3 is 2.70 bits per heavy atom. The molecule has 1 aromatic heterocycles. The fourth-order valence-electron chi connectivity index (χ4n) is 2.50. The van der Waals surface area contributed by atoms with Gasteiger partial charge in [0.05, 0.1) is 5.52 Å². The van der Waals surface area contributed by atoms with Crippen LogP contribution in [0.4, 0.5) is 4.79 Å². The molecule has 2 aromatic carbocycles. The Morgan fingerprint density at radius 2 is 2.00 bits per heavy atom. The molecule has 0 saturated carbocycles. The van der Waals surface area contributed by atoms with Crippen LogP contribution in [0, 0.1) is 0 Å². The summed E-state index contributed by atoms with van der Waals surface area (Å²) >= 11 is 6.14. The summed E-state index contributed by atoms with van der Waals surface area (Å²) in [7, 11) is 0. The number of aromatic nitrogens is 1. The third-order valence-corrected chi connectivity index (χ3v) is 4.17. The summed E-state index contributed by atoms with van der Waals surface area (Å²) in [5.41, 5.74) is 1.82. The van der Waals surface area contributed by atoms with E-state index in [0.29, 0.717) is 11.1 Å². The zero-order valence-corrected chi connectivity index (χ0v) is 14.7. The second kappa shape index (κ2) is 7.96. The van der Waals surface area contributed by atoms with Gasteiger partial charge in [-0.2, -0.15) is 0 Å². The van der Waals surface area contributed by atoms with E-state index in [1.54, 1.807) is 24.3 Å². The lowest BCUT2D eigenvalue weighted by atomic mass is 10.1. The number of H-pyrrole nitrogens is 1. The maximum absolute atomic E-state index is 11.9. The lowest BCUT2D eigenvalue weighted by Crippen LogP contribution is -2.42. The molecular weight excluding hydrogens is 376 g/mol. The number of aliphatic carboxylic acids is 1. The second-order valence-electron chi connectivity index (χ2n) is 5.76. The van der Waals surface area contributed by atoms with Crippen LogP contribution >= 0.6 is 11.6 Å². The zero-order chi connectivity index (χ0) is 19.4. The maximum Gasteiger partial charge on any atom is 0.417 e. The average molecular weight is 391 g/mol. The molecule has 3 N–H and O–H groups in total. The molecule has 0 fully saturated rings. The summed E-state index contributed by atoms with van der Waals surface area (Å²) in [4.78, 5) is 37.1. The van der Waals surface area contributed by atoms with Crippen LogP contribution in [0.15, 0.2) is 51.7 Å². The van der Waals surface area contributed by atoms with Crippen LogP contribution < -0.4 is 11.1 Å². The smallest absolute Gasteiger partial charge is 0.417 e. The van der Waals surface area contributed by atoms with Gasteiger partial charge in [0, 0.05) is 11.4 Å². The predicted molar refractivity (Wildman–Crippen MR) is 96.7 cm³/mol. The second-order valence-corrected chi connectivity index (χ2v) is 6.16. The molecule has 1 amide bonds. The number of halogens is 1. The molecule has 1 unspecified atom stereocenters. The number of rotatable bonds is 6. The summed E-state index contributed by atoms with van der Waals surface area (Å²) in [6.07, 6.45) is -0.976. The largest absolute Gasteiger partial charge is 0.480 e. The normalized spacial score (nSPS) is 11.9. The highest BCUT2D eigenvalue weighted by molar-refractivity contribution is 6.32. The van der Waals surface area contributed by atoms with E-state index in [-0.39, 0.29) is 23.6 Å². The van der Waals surface area contributed by atoms with E-state index in [2.05, 4.69) is 10.3 Å². The molecule has 0 radical (unpaired) electrons. The van der Waals surface area contributed by atoms with E-state index in [1.807, 2.05) is 6.07 Å². The van der Waals surface area contributed by atoms with E-state index in [0.717, 1.165) is 5.56 Å². The monoisotopic (exact) mass is 390 g/mol. The lowest BCUT2D eigenvalue weighted by molar-refractivity contribution is -0.139. The number of ether oxygens (including phenoxy) is 1. The van der Waals surface area contributed by atoms with Gasteiger partial charge in [-0.3, -0.25) is 4.98 Å². The van der Waals surface area contributed by atoms with Crippen molar-refractivity contribution in [2.24, 2.45) is 0 Å². The molecule has 9 heteroatoms. The molecule has 3 aromatic rings. The minimum absolute atomic E-state index is 0.0141. The summed E-state index contributed by atoms with van der Waals surface area (Å²) < 4.78 is 9.98. The van der Waals surface area contributed by atoms with Gasteiger partial charge in [0.1, 0.15) is 12.6 Å². The number of alkyl carbamates (subject to hydrolysis) is 1. The summed E-state index contributed by atoms with van der Waals surface area (Å²) in [5, 5.41) is 11.9. The van der Waals surface area contributed by atoms with Crippen molar-refractivity contribution in [2.45, 2.75) is 19.1 Å². The van der Waals surface area contributed by atoms with Crippen LogP contribution in [0.5, 0.6) is 0 Å². The van der Waals surface area contributed by atoms with E-state index in [9.17, 15) is 19.5 Å². The fourth-order valence-corrected chi connectivity index (χ4v) is 2.74. The highest BCUT2D eigenvalue weighted by Crippen LogP contribution is 2.23. The van der Waals surface area contributed by atoms with Crippen molar-refractivity contribution in [3.63, 3.8) is 0 Å². The topological polar surface area (TPSA) is 122 Å². The highest BCUT2D eigenvalue weighted by atomic mass is 35.5. The highest BCUT2D eigenvalue weighted by Gasteiger charge is 2.23. The van der Waals surface area contributed by atoms with Crippen LogP contribution in [0.1, 0.15) is 11.1 Å². The first-order valence-corrected chi connectivity index (χ1v) is 8.31. The van der Waals surface area contributed by atoms with E-state index in [1.165, 1.54) is 12.1 Å². The van der Waals surface area contributed by atoms with Crippen LogP contribution in [0.25, 0.3) is 11.1 Å². The Labute approximate surface area is 157 Å². The standard InChI is InChI=1S/C18H15ClN2O6/c19-12-8-13-15(27-18(25)20-13)7-11(12)6-14(16(22)23)21-17(24)26-9-10-4-2-1-3-5-10/h1-5,7-8,14H,6,9H2,(H,20,25)(H,21,24)(H,22,23). The van der Waals surface area contributed by atoms with Gasteiger partial charge in [0.15, 0.2) is 5.58 Å². The first kappa shape index (κ1) is 18.5. The third-order valence-electron chi connectivity index (χ3n) is 3.81. The molecule has 0 spiro atoms. The van der Waals surface area contributed by atoms with Crippen molar-refractivity contribution < 1.29 is 23.8 Å². The van der Waals surface area contributed by atoms with Gasteiger partial charge in [-0.25, -0.2) is 14.4 Å². The summed E-state index contributed by atoms with van der Waals surface area (Å²) in [6.45, 7) is 0.0141. The number of hydrogen-bond donors (Lipinski definition) is 3. The molecule has 0 bridgehead atoms. The van der Waals surface area contributed by atoms with Crippen molar-refractivity contribution >= 4 is 34.8 Å². The van der Waals surface area contributed by atoms with Crippen molar-refractivity contribution in [2.75, 3.05) is 0 Å². The summed E-state index contributed by atoms with van der Waals surface area (Å²) in [6, 6.07) is 10.6. The Bertz CT molecular complexity index is 1030. The molecule has 140 valence electrons. The van der Waals surface area contributed by atoms with Gasteiger partial charge < -0.3 is 19.6 Å². The Balaban J connectivity index is 1.68. The van der Waals surface area contributed by atoms with Gasteiger partial charge in [-0.05, 0) is 23.3 Å². The van der Waals surface area contributed by atoms with Gasteiger partial charge >= 0.3 is 17.8 Å². The molecule has 1 atom stereocenters. The van der Waals surface area contributed by atoms with Gasteiger partial charge in [-0.1, -0.05) is 41.9 Å². The number of carboxylic acids is 1. The van der Waals surface area contributed by atoms with Crippen LogP contribution in [-0.2, 0) is 22.6 Å². The number of carbonyl (C=O) groups excluding carboxylic acids is 1. The number of aromatic amines is 1. The zero-order valence-electron chi connectivity index (χ0n) is 13.9. The first-order valence-electron chi connectivity index (χ1n) is 7.93. The number of hydrogen-bond acceptors (Lipinski definition) is 5. The first-order chi connectivity index (χ1) is 12.9. The van der Waals surface area contributed by atoms with E-state index >= 15 is 0 Å². The van der Waals surface area contributed by atoms with Gasteiger partial charge in [0.2, 0.25) is 0 Å². The number of carboxylic acid groups (broad SMARTS) is 1. The van der Waals surface area contributed by atoms with E-state index in [4.69, 9.17) is 20.8 Å². The molecule has 0 aliphatic heterocycles. The van der Waals surface area contributed by atoms with Crippen molar-refractivity contribution in [1.82, 2.24) is 10.3 Å². The molecule has 0 aliphatic carbocycles. The Kier molecular flexibility index (Phi) is 5.46. The average Bonchev–Trinajstić information content (AvgIpc) is 2.99. The number of amides is 1. The fraction of sp³-hybridized carbons (Fsp3) is 0.167. The Hall–Kier alpha value is -3.26.